The lowest BCUT2D eigenvalue weighted by Gasteiger charge is -2.18. The predicted molar refractivity (Wildman–Crippen MR) is 73.8 cm³/mol. The fourth-order valence-electron chi connectivity index (χ4n) is 2.16. The van der Waals surface area contributed by atoms with Crippen LogP contribution in [0.15, 0.2) is 42.7 Å². The smallest absolute Gasteiger partial charge is 0.326 e. The number of carboxylic acids is 1. The highest BCUT2D eigenvalue weighted by molar-refractivity contribution is 5.73. The summed E-state index contributed by atoms with van der Waals surface area (Å²) in [4.78, 5) is 15.8. The molecule has 1 atom stereocenters. The topological polar surface area (TPSA) is 55.1 Å². The van der Waals surface area contributed by atoms with Crippen LogP contribution in [0.3, 0.4) is 0 Å². The first-order valence-corrected chi connectivity index (χ1v) is 6.40. The fourth-order valence-corrected chi connectivity index (χ4v) is 2.16. The van der Waals surface area contributed by atoms with Crippen molar-refractivity contribution < 1.29 is 9.90 Å². The molecule has 0 unspecified atom stereocenters. The van der Waals surface area contributed by atoms with E-state index in [1.54, 1.807) is 17.0 Å². The molecular weight excluding hydrogens is 240 g/mol. The Labute approximate surface area is 112 Å². The zero-order chi connectivity index (χ0) is 13.8. The van der Waals surface area contributed by atoms with Crippen molar-refractivity contribution in [2.45, 2.75) is 26.3 Å². The Balaban J connectivity index is 2.40. The summed E-state index contributed by atoms with van der Waals surface area (Å²) < 4.78 is 1.75. The summed E-state index contributed by atoms with van der Waals surface area (Å²) in [5, 5.41) is 9.42. The minimum atomic E-state index is -0.816. The van der Waals surface area contributed by atoms with Crippen molar-refractivity contribution >= 4 is 5.97 Å². The minimum absolute atomic E-state index is 0.312. The van der Waals surface area contributed by atoms with E-state index in [9.17, 15) is 9.90 Å². The van der Waals surface area contributed by atoms with Gasteiger partial charge in [-0.15, -0.1) is 0 Å². The molecule has 0 aliphatic carbocycles. The van der Waals surface area contributed by atoms with E-state index in [2.05, 4.69) is 4.98 Å². The molecule has 1 aromatic carbocycles. The highest BCUT2D eigenvalue weighted by Crippen LogP contribution is 2.25. The van der Waals surface area contributed by atoms with Gasteiger partial charge >= 0.3 is 5.97 Å². The maximum atomic E-state index is 11.5. The van der Waals surface area contributed by atoms with E-state index in [1.807, 2.05) is 44.2 Å². The number of aromatic nitrogens is 2. The van der Waals surface area contributed by atoms with E-state index in [0.29, 0.717) is 18.2 Å². The molecule has 100 valence electrons. The van der Waals surface area contributed by atoms with Gasteiger partial charge in [-0.1, -0.05) is 44.2 Å². The summed E-state index contributed by atoms with van der Waals surface area (Å²) in [5.74, 6) is 0.199. The molecule has 4 nitrogen and oxygen atoms in total. The molecule has 1 aromatic heterocycles. The van der Waals surface area contributed by atoms with Gasteiger partial charge in [0.1, 0.15) is 11.9 Å². The number of nitrogens with zero attached hydrogens (tertiary/aromatic N) is 2. The van der Waals surface area contributed by atoms with Crippen molar-refractivity contribution in [2.75, 3.05) is 0 Å². The molecule has 0 fully saturated rings. The van der Waals surface area contributed by atoms with Crippen LogP contribution in [0.4, 0.5) is 0 Å². The summed E-state index contributed by atoms with van der Waals surface area (Å²) in [6.45, 7) is 4.05. The lowest BCUT2D eigenvalue weighted by Crippen LogP contribution is -2.21. The van der Waals surface area contributed by atoms with Gasteiger partial charge in [-0.3, -0.25) is 0 Å². The molecule has 0 saturated heterocycles. The molecule has 4 heteroatoms. The maximum Gasteiger partial charge on any atom is 0.326 e. The first-order valence-electron chi connectivity index (χ1n) is 6.40. The molecule has 0 aliphatic heterocycles. The fraction of sp³-hybridized carbons (Fsp3) is 0.333. The van der Waals surface area contributed by atoms with Crippen molar-refractivity contribution in [3.63, 3.8) is 0 Å². The van der Waals surface area contributed by atoms with E-state index in [0.717, 1.165) is 5.56 Å². The number of aliphatic carboxylic acids is 1. The van der Waals surface area contributed by atoms with E-state index < -0.39 is 12.0 Å². The van der Waals surface area contributed by atoms with E-state index in [1.165, 1.54) is 0 Å². The van der Waals surface area contributed by atoms with Crippen LogP contribution < -0.4 is 0 Å². The molecule has 0 radical (unpaired) electrons. The van der Waals surface area contributed by atoms with Gasteiger partial charge in [0.15, 0.2) is 0 Å². The molecular formula is C15H18N2O2. The van der Waals surface area contributed by atoms with Crippen molar-refractivity contribution in [2.24, 2.45) is 5.92 Å². The van der Waals surface area contributed by atoms with Crippen LogP contribution in [0.1, 0.15) is 26.3 Å². The lowest BCUT2D eigenvalue weighted by atomic mass is 10.0. The van der Waals surface area contributed by atoms with Gasteiger partial charge in [-0.05, 0) is 12.3 Å². The Morgan fingerprint density at radius 3 is 2.58 bits per heavy atom. The van der Waals surface area contributed by atoms with Gasteiger partial charge in [0.05, 0.1) is 0 Å². The summed E-state index contributed by atoms with van der Waals surface area (Å²) in [7, 11) is 0. The Hall–Kier alpha value is -2.10. The number of carboxylic acid groups (broad SMARTS) is 1. The zero-order valence-electron chi connectivity index (χ0n) is 11.2. The number of rotatable bonds is 5. The molecule has 1 heterocycles. The highest BCUT2D eigenvalue weighted by Gasteiger charge is 2.23. The first-order chi connectivity index (χ1) is 9.09. The molecule has 0 aliphatic rings. The van der Waals surface area contributed by atoms with Crippen LogP contribution in [-0.2, 0) is 4.79 Å². The SMILES string of the molecule is CC(C)C[C@H](C(=O)O)n1ccnc1-c1ccccc1. The second kappa shape index (κ2) is 5.69. The Morgan fingerprint density at radius 1 is 1.32 bits per heavy atom. The van der Waals surface area contributed by atoms with Gasteiger partial charge in [0.2, 0.25) is 0 Å². The Bertz CT molecular complexity index is 546. The third-order valence-corrected chi connectivity index (χ3v) is 3.02. The third kappa shape index (κ3) is 3.02. The monoisotopic (exact) mass is 258 g/mol. The van der Waals surface area contributed by atoms with Crippen molar-refractivity contribution in [3.8, 4) is 11.4 Å². The molecule has 0 saturated carbocycles. The quantitative estimate of drug-likeness (QED) is 0.895. The zero-order valence-corrected chi connectivity index (χ0v) is 11.2. The average molecular weight is 258 g/mol. The van der Waals surface area contributed by atoms with Gasteiger partial charge in [-0.25, -0.2) is 9.78 Å². The number of benzene rings is 1. The number of hydrogen-bond acceptors (Lipinski definition) is 2. The molecule has 2 rings (SSSR count). The maximum absolute atomic E-state index is 11.5. The summed E-state index contributed by atoms with van der Waals surface area (Å²) in [6.07, 6.45) is 3.98. The van der Waals surface area contributed by atoms with Gasteiger partial charge in [-0.2, -0.15) is 0 Å². The Morgan fingerprint density at radius 2 is 2.00 bits per heavy atom. The minimum Gasteiger partial charge on any atom is -0.480 e. The average Bonchev–Trinajstić information content (AvgIpc) is 2.85. The van der Waals surface area contributed by atoms with Crippen molar-refractivity contribution in [1.82, 2.24) is 9.55 Å². The van der Waals surface area contributed by atoms with Crippen LogP contribution in [0, 0.1) is 5.92 Å². The van der Waals surface area contributed by atoms with Gasteiger partial charge in [0, 0.05) is 18.0 Å². The molecule has 0 spiro atoms. The van der Waals surface area contributed by atoms with Crippen LogP contribution in [-0.4, -0.2) is 20.6 Å². The van der Waals surface area contributed by atoms with Crippen molar-refractivity contribution in [1.29, 1.82) is 0 Å². The third-order valence-electron chi connectivity index (χ3n) is 3.02. The second-order valence-corrected chi connectivity index (χ2v) is 5.01. The van der Waals surface area contributed by atoms with Gasteiger partial charge < -0.3 is 9.67 Å². The van der Waals surface area contributed by atoms with Crippen LogP contribution >= 0.6 is 0 Å². The number of carbonyl (C=O) groups is 1. The second-order valence-electron chi connectivity index (χ2n) is 5.01. The lowest BCUT2D eigenvalue weighted by molar-refractivity contribution is -0.141. The van der Waals surface area contributed by atoms with Crippen molar-refractivity contribution in [3.05, 3.63) is 42.7 Å². The van der Waals surface area contributed by atoms with Crippen LogP contribution in [0.2, 0.25) is 0 Å². The van der Waals surface area contributed by atoms with E-state index >= 15 is 0 Å². The number of imidazole rings is 1. The standard InChI is InChI=1S/C15H18N2O2/c1-11(2)10-13(15(18)19)17-9-8-16-14(17)12-6-4-3-5-7-12/h3-9,11,13H,10H2,1-2H3,(H,18,19)/t13-/m1/s1. The molecule has 2 aromatic rings. The first kappa shape index (κ1) is 13.3. The number of hydrogen-bond donors (Lipinski definition) is 1. The molecule has 0 amide bonds. The molecule has 19 heavy (non-hydrogen) atoms. The predicted octanol–water partition coefficient (Wildman–Crippen LogP) is 3.22. The van der Waals surface area contributed by atoms with Crippen LogP contribution in [0.25, 0.3) is 11.4 Å². The molecule has 0 bridgehead atoms. The van der Waals surface area contributed by atoms with Gasteiger partial charge in [0.25, 0.3) is 0 Å². The highest BCUT2D eigenvalue weighted by atomic mass is 16.4. The Kier molecular flexibility index (Phi) is 4.00. The normalized spacial score (nSPS) is 12.6. The van der Waals surface area contributed by atoms with Crippen LogP contribution in [0.5, 0.6) is 0 Å². The molecule has 1 N–H and O–H groups in total. The van der Waals surface area contributed by atoms with E-state index in [-0.39, 0.29) is 0 Å². The summed E-state index contributed by atoms with van der Waals surface area (Å²) in [6, 6.07) is 9.08. The summed E-state index contributed by atoms with van der Waals surface area (Å²) in [5.41, 5.74) is 0.933. The summed E-state index contributed by atoms with van der Waals surface area (Å²) >= 11 is 0. The largest absolute Gasteiger partial charge is 0.480 e. The van der Waals surface area contributed by atoms with E-state index in [4.69, 9.17) is 0 Å².